The Bertz CT molecular complexity index is 562. The highest BCUT2D eigenvalue weighted by molar-refractivity contribution is 7.80. The van der Waals surface area contributed by atoms with E-state index in [4.69, 9.17) is 18.0 Å². The number of para-hydroxylation sites is 1. The second-order valence-corrected chi connectivity index (χ2v) is 4.30. The fourth-order valence-corrected chi connectivity index (χ4v) is 1.77. The molecule has 0 aliphatic rings. The van der Waals surface area contributed by atoms with E-state index in [1.54, 1.807) is 0 Å². The molecule has 0 saturated heterocycles. The summed E-state index contributed by atoms with van der Waals surface area (Å²) in [6.07, 6.45) is 2.18. The minimum absolute atomic E-state index is 0.0810. The number of benzene rings is 1. The van der Waals surface area contributed by atoms with Crippen LogP contribution in [0.3, 0.4) is 0 Å². The van der Waals surface area contributed by atoms with Gasteiger partial charge in [0.05, 0.1) is 18.0 Å². The first-order valence-corrected chi connectivity index (χ1v) is 5.67. The van der Waals surface area contributed by atoms with Crippen LogP contribution in [-0.4, -0.2) is 22.4 Å². The van der Waals surface area contributed by atoms with Gasteiger partial charge in [0.25, 0.3) is 0 Å². The van der Waals surface area contributed by atoms with E-state index in [0.29, 0.717) is 6.42 Å². The Morgan fingerprint density at radius 2 is 2.18 bits per heavy atom. The molecular formula is C12H13N3OS. The lowest BCUT2D eigenvalue weighted by Crippen LogP contribution is -2.33. The van der Waals surface area contributed by atoms with Gasteiger partial charge in [-0.2, -0.15) is 0 Å². The summed E-state index contributed by atoms with van der Waals surface area (Å²) in [6, 6.07) is 7.87. The number of H-pyrrole nitrogens is 1. The molecule has 0 unspecified atom stereocenters. The average molecular weight is 247 g/mol. The second kappa shape index (κ2) is 4.97. The molecule has 0 atom stereocenters. The maximum atomic E-state index is 11.6. The van der Waals surface area contributed by atoms with Crippen LogP contribution < -0.4 is 11.1 Å². The topological polar surface area (TPSA) is 70.9 Å². The van der Waals surface area contributed by atoms with Gasteiger partial charge in [0.2, 0.25) is 5.91 Å². The van der Waals surface area contributed by atoms with Crippen LogP contribution in [-0.2, 0) is 11.2 Å². The fraction of sp³-hybridized carbons (Fsp3) is 0.167. The van der Waals surface area contributed by atoms with E-state index in [0.717, 1.165) is 16.5 Å². The van der Waals surface area contributed by atoms with Crippen molar-refractivity contribution in [3.63, 3.8) is 0 Å². The van der Waals surface area contributed by atoms with E-state index >= 15 is 0 Å². The van der Waals surface area contributed by atoms with Crippen LogP contribution in [0.15, 0.2) is 30.5 Å². The number of hydrogen-bond acceptors (Lipinski definition) is 2. The zero-order valence-electron chi connectivity index (χ0n) is 9.19. The zero-order chi connectivity index (χ0) is 12.3. The van der Waals surface area contributed by atoms with Gasteiger partial charge in [0.1, 0.15) is 0 Å². The Kier molecular flexibility index (Phi) is 3.39. The first-order chi connectivity index (χ1) is 8.16. The van der Waals surface area contributed by atoms with Crippen molar-refractivity contribution < 1.29 is 4.79 Å². The smallest absolute Gasteiger partial charge is 0.224 e. The van der Waals surface area contributed by atoms with Crippen molar-refractivity contribution in [3.05, 3.63) is 36.0 Å². The average Bonchev–Trinajstić information content (AvgIpc) is 2.70. The van der Waals surface area contributed by atoms with Gasteiger partial charge in [-0.1, -0.05) is 30.4 Å². The molecule has 5 heteroatoms. The van der Waals surface area contributed by atoms with Gasteiger partial charge in [0, 0.05) is 17.1 Å². The van der Waals surface area contributed by atoms with E-state index < -0.39 is 0 Å². The van der Waals surface area contributed by atoms with Crippen molar-refractivity contribution in [2.75, 3.05) is 6.54 Å². The van der Waals surface area contributed by atoms with Gasteiger partial charge in [0.15, 0.2) is 0 Å². The van der Waals surface area contributed by atoms with Gasteiger partial charge in [-0.25, -0.2) is 0 Å². The number of aromatic nitrogens is 1. The van der Waals surface area contributed by atoms with Crippen LogP contribution in [0.4, 0.5) is 0 Å². The number of nitrogens with two attached hydrogens (primary N) is 1. The summed E-state index contributed by atoms with van der Waals surface area (Å²) in [5, 5.41) is 3.73. The van der Waals surface area contributed by atoms with Crippen molar-refractivity contribution in [3.8, 4) is 0 Å². The van der Waals surface area contributed by atoms with Crippen LogP contribution in [0.25, 0.3) is 10.9 Å². The second-order valence-electron chi connectivity index (χ2n) is 3.78. The predicted molar refractivity (Wildman–Crippen MR) is 71.8 cm³/mol. The molecule has 1 heterocycles. The fourth-order valence-electron chi connectivity index (χ4n) is 1.70. The van der Waals surface area contributed by atoms with Gasteiger partial charge >= 0.3 is 0 Å². The molecule has 2 aromatic rings. The minimum atomic E-state index is -0.0810. The lowest BCUT2D eigenvalue weighted by Gasteiger charge is -2.02. The quantitative estimate of drug-likeness (QED) is 0.709. The molecule has 2 rings (SSSR count). The molecule has 0 fully saturated rings. The summed E-state index contributed by atoms with van der Waals surface area (Å²) in [6.45, 7) is 0.247. The van der Waals surface area contributed by atoms with Gasteiger partial charge in [-0.05, 0) is 11.6 Å². The summed E-state index contributed by atoms with van der Waals surface area (Å²) < 4.78 is 0. The third kappa shape index (κ3) is 2.82. The molecular weight excluding hydrogens is 234 g/mol. The third-order valence-corrected chi connectivity index (χ3v) is 2.63. The number of carbonyl (C=O) groups is 1. The number of nitrogens with one attached hydrogen (secondary N) is 2. The molecule has 0 aliphatic heterocycles. The monoisotopic (exact) mass is 247 g/mol. The molecule has 1 amide bonds. The zero-order valence-corrected chi connectivity index (χ0v) is 10.0. The molecule has 0 bridgehead atoms. The number of rotatable bonds is 4. The number of fused-ring (bicyclic) bond motifs is 1. The molecule has 4 N–H and O–H groups in total. The molecule has 0 aliphatic carbocycles. The standard InChI is InChI=1S/C12H13N3OS/c13-11(17)7-15-12(16)5-8-6-14-10-4-2-1-3-9(8)10/h1-4,6,14H,5,7H2,(H2,13,17)(H,15,16). The Balaban J connectivity index is 2.08. The number of hydrogen-bond donors (Lipinski definition) is 3. The number of aromatic amines is 1. The Labute approximate surface area is 104 Å². The minimum Gasteiger partial charge on any atom is -0.392 e. The summed E-state index contributed by atoms with van der Waals surface area (Å²) >= 11 is 4.70. The van der Waals surface area contributed by atoms with Crippen molar-refractivity contribution in [2.24, 2.45) is 5.73 Å². The Hall–Kier alpha value is -1.88. The van der Waals surface area contributed by atoms with Gasteiger partial charge in [-0.3, -0.25) is 4.79 Å². The van der Waals surface area contributed by atoms with Crippen LogP contribution in [0.1, 0.15) is 5.56 Å². The summed E-state index contributed by atoms with van der Waals surface area (Å²) in [4.78, 5) is 15.0. The van der Waals surface area contributed by atoms with E-state index in [-0.39, 0.29) is 17.4 Å². The van der Waals surface area contributed by atoms with Gasteiger partial charge in [-0.15, -0.1) is 0 Å². The molecule has 1 aromatic carbocycles. The summed E-state index contributed by atoms with van der Waals surface area (Å²) in [5.41, 5.74) is 7.32. The maximum Gasteiger partial charge on any atom is 0.224 e. The molecule has 88 valence electrons. The predicted octanol–water partition coefficient (Wildman–Crippen LogP) is 1.11. The van der Waals surface area contributed by atoms with E-state index in [9.17, 15) is 4.79 Å². The van der Waals surface area contributed by atoms with Crippen molar-refractivity contribution in [1.82, 2.24) is 10.3 Å². The summed E-state index contributed by atoms with van der Waals surface area (Å²) in [5.74, 6) is -0.0810. The van der Waals surface area contributed by atoms with Gasteiger partial charge < -0.3 is 16.0 Å². The van der Waals surface area contributed by atoms with Crippen molar-refractivity contribution in [2.45, 2.75) is 6.42 Å². The van der Waals surface area contributed by atoms with Crippen LogP contribution in [0, 0.1) is 0 Å². The molecule has 4 nitrogen and oxygen atoms in total. The normalized spacial score (nSPS) is 10.4. The van der Waals surface area contributed by atoms with Crippen LogP contribution in [0.2, 0.25) is 0 Å². The number of thiocarbonyl (C=S) groups is 1. The molecule has 17 heavy (non-hydrogen) atoms. The largest absolute Gasteiger partial charge is 0.392 e. The Morgan fingerprint density at radius 3 is 2.94 bits per heavy atom. The molecule has 1 aromatic heterocycles. The number of carbonyl (C=O) groups excluding carboxylic acids is 1. The van der Waals surface area contributed by atoms with Crippen LogP contribution in [0.5, 0.6) is 0 Å². The SMILES string of the molecule is NC(=S)CNC(=O)Cc1c[nH]c2ccccc12. The van der Waals surface area contributed by atoms with Crippen molar-refractivity contribution in [1.29, 1.82) is 0 Å². The van der Waals surface area contributed by atoms with Crippen molar-refractivity contribution >= 4 is 34.0 Å². The lowest BCUT2D eigenvalue weighted by atomic mass is 10.1. The van der Waals surface area contributed by atoms with Crippen LogP contribution >= 0.6 is 12.2 Å². The molecule has 0 saturated carbocycles. The lowest BCUT2D eigenvalue weighted by molar-refractivity contribution is -0.120. The Morgan fingerprint density at radius 1 is 1.41 bits per heavy atom. The van der Waals surface area contributed by atoms with E-state index in [1.807, 2.05) is 30.5 Å². The van der Waals surface area contributed by atoms with E-state index in [1.165, 1.54) is 0 Å². The highest BCUT2D eigenvalue weighted by atomic mass is 32.1. The highest BCUT2D eigenvalue weighted by Gasteiger charge is 2.07. The van der Waals surface area contributed by atoms with E-state index in [2.05, 4.69) is 10.3 Å². The third-order valence-electron chi connectivity index (χ3n) is 2.49. The first kappa shape index (κ1) is 11.6. The molecule has 0 spiro atoms. The molecule has 0 radical (unpaired) electrons. The highest BCUT2D eigenvalue weighted by Crippen LogP contribution is 2.17. The first-order valence-electron chi connectivity index (χ1n) is 5.27. The maximum absolute atomic E-state index is 11.6. The number of amides is 1. The summed E-state index contributed by atoms with van der Waals surface area (Å²) in [7, 11) is 0.